The van der Waals surface area contributed by atoms with E-state index in [1.165, 1.54) is 6.26 Å². The molecule has 3 heterocycles. The molecule has 7 nitrogen and oxygen atoms in total. The molecule has 0 atom stereocenters. The second-order valence-corrected chi connectivity index (χ2v) is 8.39. The molecule has 0 aliphatic rings. The van der Waals surface area contributed by atoms with E-state index < -0.39 is 5.91 Å². The van der Waals surface area contributed by atoms with Crippen LogP contribution in [0.5, 0.6) is 0 Å². The normalized spacial score (nSPS) is 10.9. The summed E-state index contributed by atoms with van der Waals surface area (Å²) in [6.45, 7) is 2.02. The quantitative estimate of drug-likeness (QED) is 0.344. The third-order valence-corrected chi connectivity index (χ3v) is 6.14. The number of aryl methyl sites for hydroxylation is 1. The number of nitrogens with zero attached hydrogens (tertiary/aromatic N) is 1. The summed E-state index contributed by atoms with van der Waals surface area (Å²) in [4.78, 5) is 29.9. The molecule has 8 heteroatoms. The van der Waals surface area contributed by atoms with Gasteiger partial charge in [-0.15, -0.1) is 11.3 Å². The molecule has 0 fully saturated rings. The van der Waals surface area contributed by atoms with Gasteiger partial charge in [-0.3, -0.25) is 9.59 Å². The smallest absolute Gasteiger partial charge is 0.291 e. The SMILES string of the molecule is Cc1cccc(C(=O)NCc2ccc(-c3nc4ccccc4s3)o2)c1NC(=O)c1ccco1. The van der Waals surface area contributed by atoms with Crippen LogP contribution in [-0.2, 0) is 6.54 Å². The van der Waals surface area contributed by atoms with E-state index >= 15 is 0 Å². The van der Waals surface area contributed by atoms with Crippen molar-refractivity contribution in [2.24, 2.45) is 0 Å². The molecular formula is C25H19N3O4S. The second-order valence-electron chi connectivity index (χ2n) is 7.36. The lowest BCUT2D eigenvalue weighted by Gasteiger charge is -2.13. The number of benzene rings is 2. The first-order chi connectivity index (χ1) is 16.1. The first-order valence-electron chi connectivity index (χ1n) is 10.3. The molecule has 0 saturated carbocycles. The molecule has 2 N–H and O–H groups in total. The number of carbonyl (C=O) groups excluding carboxylic acids is 2. The van der Waals surface area contributed by atoms with Gasteiger partial charge in [-0.25, -0.2) is 4.98 Å². The number of furan rings is 2. The van der Waals surface area contributed by atoms with Gasteiger partial charge >= 0.3 is 0 Å². The minimum atomic E-state index is -0.421. The maximum Gasteiger partial charge on any atom is 0.291 e. The topological polar surface area (TPSA) is 97.4 Å². The molecule has 0 spiro atoms. The number of amides is 2. The average molecular weight is 458 g/mol. The summed E-state index contributed by atoms with van der Waals surface area (Å²) in [5, 5.41) is 6.42. The summed E-state index contributed by atoms with van der Waals surface area (Å²) in [7, 11) is 0. The van der Waals surface area contributed by atoms with Crippen LogP contribution in [-0.4, -0.2) is 16.8 Å². The van der Waals surface area contributed by atoms with Crippen LogP contribution < -0.4 is 10.6 Å². The Morgan fingerprint density at radius 1 is 0.970 bits per heavy atom. The number of hydrogen-bond acceptors (Lipinski definition) is 6. The standard InChI is InChI=1S/C25H19N3O4S/c1-15-6-4-7-17(22(15)28-24(30)19-9-5-13-31-19)23(29)26-14-16-11-12-20(32-16)25-27-18-8-2-3-10-21(18)33-25/h2-13H,14H2,1H3,(H,26,29)(H,28,30). The zero-order valence-corrected chi connectivity index (χ0v) is 18.4. The average Bonchev–Trinajstić information content (AvgIpc) is 3.59. The Labute approximate surface area is 193 Å². The van der Waals surface area contributed by atoms with Crippen LogP contribution in [0.4, 0.5) is 5.69 Å². The van der Waals surface area contributed by atoms with Crippen LogP contribution in [0.1, 0.15) is 32.2 Å². The highest BCUT2D eigenvalue weighted by Gasteiger charge is 2.18. The summed E-state index contributed by atoms with van der Waals surface area (Å²) in [5.74, 6) is 0.678. The molecule has 0 aliphatic carbocycles. The maximum atomic E-state index is 12.9. The van der Waals surface area contributed by atoms with Gasteiger partial charge in [0.05, 0.1) is 34.3 Å². The largest absolute Gasteiger partial charge is 0.459 e. The Hall–Kier alpha value is -4.17. The summed E-state index contributed by atoms with van der Waals surface area (Å²) < 4.78 is 12.1. The summed E-state index contributed by atoms with van der Waals surface area (Å²) in [6, 6.07) is 20.0. The Kier molecular flexibility index (Phi) is 5.50. The number of aromatic nitrogens is 1. The molecule has 0 bridgehead atoms. The van der Waals surface area contributed by atoms with Crippen molar-refractivity contribution < 1.29 is 18.4 Å². The van der Waals surface area contributed by atoms with Crippen molar-refractivity contribution in [3.8, 4) is 10.8 Å². The predicted octanol–water partition coefficient (Wildman–Crippen LogP) is 5.64. The molecule has 33 heavy (non-hydrogen) atoms. The first-order valence-corrected chi connectivity index (χ1v) is 11.1. The van der Waals surface area contributed by atoms with E-state index in [0.717, 1.165) is 20.8 Å². The third-order valence-electron chi connectivity index (χ3n) is 5.09. The van der Waals surface area contributed by atoms with Crippen LogP contribution in [0.3, 0.4) is 0 Å². The van der Waals surface area contributed by atoms with E-state index in [0.29, 0.717) is 22.8 Å². The molecule has 2 amide bonds. The van der Waals surface area contributed by atoms with Gasteiger partial charge in [0.2, 0.25) is 0 Å². The fourth-order valence-electron chi connectivity index (χ4n) is 3.43. The zero-order chi connectivity index (χ0) is 22.8. The lowest BCUT2D eigenvalue weighted by atomic mass is 10.1. The van der Waals surface area contributed by atoms with Crippen LogP contribution >= 0.6 is 11.3 Å². The van der Waals surface area contributed by atoms with Crippen molar-refractivity contribution in [3.63, 3.8) is 0 Å². The van der Waals surface area contributed by atoms with Crippen molar-refractivity contribution in [3.05, 3.63) is 95.6 Å². The molecule has 5 aromatic rings. The van der Waals surface area contributed by atoms with Gasteiger partial charge in [-0.05, 0) is 55.0 Å². The van der Waals surface area contributed by atoms with Crippen LogP contribution in [0.2, 0.25) is 0 Å². The Balaban J connectivity index is 1.30. The molecular weight excluding hydrogens is 438 g/mol. The lowest BCUT2D eigenvalue weighted by molar-refractivity contribution is 0.0949. The molecule has 164 valence electrons. The predicted molar refractivity (Wildman–Crippen MR) is 126 cm³/mol. The van der Waals surface area contributed by atoms with Gasteiger partial charge in [0.15, 0.2) is 16.5 Å². The number of thiazole rings is 1. The minimum Gasteiger partial charge on any atom is -0.459 e. The summed E-state index contributed by atoms with van der Waals surface area (Å²) >= 11 is 1.55. The fraction of sp³-hybridized carbons (Fsp3) is 0.0800. The minimum absolute atomic E-state index is 0.169. The molecule has 0 radical (unpaired) electrons. The highest BCUT2D eigenvalue weighted by atomic mass is 32.1. The maximum absolute atomic E-state index is 12.9. The van der Waals surface area contributed by atoms with Crippen molar-refractivity contribution in [2.75, 3.05) is 5.32 Å². The van der Waals surface area contributed by atoms with E-state index in [9.17, 15) is 9.59 Å². The van der Waals surface area contributed by atoms with E-state index in [4.69, 9.17) is 8.83 Å². The molecule has 0 aliphatic heterocycles. The third kappa shape index (κ3) is 4.28. The molecule has 3 aromatic heterocycles. The number of fused-ring (bicyclic) bond motifs is 1. The van der Waals surface area contributed by atoms with Gasteiger partial charge < -0.3 is 19.5 Å². The number of para-hydroxylation sites is 2. The number of hydrogen-bond donors (Lipinski definition) is 2. The molecule has 2 aromatic carbocycles. The van der Waals surface area contributed by atoms with E-state index in [2.05, 4.69) is 15.6 Å². The fourth-order valence-corrected chi connectivity index (χ4v) is 4.36. The highest BCUT2D eigenvalue weighted by molar-refractivity contribution is 7.21. The lowest BCUT2D eigenvalue weighted by Crippen LogP contribution is -2.25. The molecule has 5 rings (SSSR count). The number of nitrogens with one attached hydrogen (secondary N) is 2. The highest BCUT2D eigenvalue weighted by Crippen LogP contribution is 2.31. The Morgan fingerprint density at radius 3 is 2.67 bits per heavy atom. The van der Waals surface area contributed by atoms with E-state index in [1.54, 1.807) is 35.6 Å². The monoisotopic (exact) mass is 457 g/mol. The van der Waals surface area contributed by atoms with Crippen LogP contribution in [0, 0.1) is 6.92 Å². The van der Waals surface area contributed by atoms with Gasteiger partial charge in [-0.2, -0.15) is 0 Å². The van der Waals surface area contributed by atoms with E-state index in [-0.39, 0.29) is 18.2 Å². The number of anilines is 1. The van der Waals surface area contributed by atoms with Gasteiger partial charge in [-0.1, -0.05) is 24.3 Å². The number of carbonyl (C=O) groups is 2. The van der Waals surface area contributed by atoms with Gasteiger partial charge in [0.1, 0.15) is 5.76 Å². The Morgan fingerprint density at radius 2 is 1.85 bits per heavy atom. The number of rotatable bonds is 6. The molecule has 0 unspecified atom stereocenters. The first kappa shape index (κ1) is 20.7. The van der Waals surface area contributed by atoms with Crippen molar-refractivity contribution >= 4 is 39.1 Å². The van der Waals surface area contributed by atoms with Crippen molar-refractivity contribution in [1.82, 2.24) is 10.3 Å². The van der Waals surface area contributed by atoms with Crippen molar-refractivity contribution in [1.29, 1.82) is 0 Å². The van der Waals surface area contributed by atoms with Crippen molar-refractivity contribution in [2.45, 2.75) is 13.5 Å². The van der Waals surface area contributed by atoms with Gasteiger partial charge in [0, 0.05) is 0 Å². The molecule has 0 saturated heterocycles. The summed E-state index contributed by atoms with van der Waals surface area (Å²) in [6.07, 6.45) is 1.42. The van der Waals surface area contributed by atoms with Crippen LogP contribution in [0.15, 0.2) is 81.8 Å². The summed E-state index contributed by atoms with van der Waals surface area (Å²) in [5.41, 5.74) is 2.48. The Bertz CT molecular complexity index is 1420. The zero-order valence-electron chi connectivity index (χ0n) is 17.6. The van der Waals surface area contributed by atoms with Crippen LogP contribution in [0.25, 0.3) is 21.0 Å². The van der Waals surface area contributed by atoms with E-state index in [1.807, 2.05) is 49.4 Å². The second kappa shape index (κ2) is 8.76. The van der Waals surface area contributed by atoms with Gasteiger partial charge in [0.25, 0.3) is 11.8 Å².